The fourth-order valence-corrected chi connectivity index (χ4v) is 5.51. The van der Waals surface area contributed by atoms with Crippen LogP contribution in [0.2, 0.25) is 0 Å². The van der Waals surface area contributed by atoms with Crippen LogP contribution in [0.15, 0.2) is 81.6 Å². The molecule has 7 nitrogen and oxygen atoms in total. The van der Waals surface area contributed by atoms with Gasteiger partial charge >= 0.3 is 0 Å². The minimum absolute atomic E-state index is 0.00201. The van der Waals surface area contributed by atoms with E-state index in [9.17, 15) is 5.11 Å². The van der Waals surface area contributed by atoms with E-state index in [1.54, 1.807) is 0 Å². The van der Waals surface area contributed by atoms with Crippen molar-refractivity contribution in [1.82, 2.24) is 5.01 Å². The molecule has 0 bridgehead atoms. The maximum absolute atomic E-state index is 10.1. The first-order valence-corrected chi connectivity index (χ1v) is 12.7. The van der Waals surface area contributed by atoms with Crippen LogP contribution in [0.5, 0.6) is 0 Å². The van der Waals surface area contributed by atoms with Gasteiger partial charge < -0.3 is 30.0 Å². The lowest BCUT2D eigenvalue weighted by molar-refractivity contribution is 0.305. The zero-order valence-electron chi connectivity index (χ0n) is 20.4. The summed E-state index contributed by atoms with van der Waals surface area (Å²) in [6.45, 7) is 2.41. The molecule has 0 radical (unpaired) electrons. The van der Waals surface area contributed by atoms with Crippen molar-refractivity contribution in [2.45, 2.75) is 12.8 Å². The number of hydrogen-bond acceptors (Lipinski definition) is 7. The lowest BCUT2D eigenvalue weighted by Crippen LogP contribution is -2.28. The standard InChI is InChI=1S/C30H28N4O3/c31-19-7-9-22-23-10-8-20(16-29(23)37-28(22)15-19)34(13-14-35)26-17-24-21-5-1-2-6-27(21)36-30(24)18-25(26)32-33-11-3-4-12-33/h1-2,5-10,15-18,32,35H,3-4,11-14,31H2. The van der Waals surface area contributed by atoms with E-state index in [4.69, 9.17) is 14.6 Å². The molecule has 2 aromatic heterocycles. The quantitative estimate of drug-likeness (QED) is 0.225. The molecule has 0 aliphatic carbocycles. The van der Waals surface area contributed by atoms with Crippen molar-refractivity contribution in [1.29, 1.82) is 0 Å². The van der Waals surface area contributed by atoms with E-state index in [1.165, 1.54) is 12.8 Å². The Hall–Kier alpha value is -4.20. The fraction of sp³-hybridized carbons (Fsp3) is 0.200. The van der Waals surface area contributed by atoms with Crippen molar-refractivity contribution < 1.29 is 13.9 Å². The van der Waals surface area contributed by atoms with Crippen molar-refractivity contribution in [2.24, 2.45) is 0 Å². The molecule has 0 atom stereocenters. The van der Waals surface area contributed by atoms with Crippen LogP contribution in [0.4, 0.5) is 22.7 Å². The van der Waals surface area contributed by atoms with Crippen LogP contribution in [0.1, 0.15) is 12.8 Å². The lowest BCUT2D eigenvalue weighted by Gasteiger charge is -2.29. The highest BCUT2D eigenvalue weighted by Gasteiger charge is 2.21. The predicted molar refractivity (Wildman–Crippen MR) is 150 cm³/mol. The number of anilines is 4. The first-order valence-electron chi connectivity index (χ1n) is 12.7. The molecular weight excluding hydrogens is 464 g/mol. The molecule has 0 amide bonds. The molecule has 1 aliphatic rings. The van der Waals surface area contributed by atoms with Crippen molar-refractivity contribution in [2.75, 3.05) is 42.3 Å². The molecule has 7 heteroatoms. The van der Waals surface area contributed by atoms with E-state index >= 15 is 0 Å². The maximum Gasteiger partial charge on any atom is 0.137 e. The summed E-state index contributed by atoms with van der Waals surface area (Å²) in [5.41, 5.74) is 16.4. The summed E-state index contributed by atoms with van der Waals surface area (Å²) < 4.78 is 12.4. The molecule has 1 saturated heterocycles. The molecule has 4 N–H and O–H groups in total. The van der Waals surface area contributed by atoms with Gasteiger partial charge in [0.2, 0.25) is 0 Å². The van der Waals surface area contributed by atoms with Gasteiger partial charge in [-0.25, -0.2) is 5.01 Å². The van der Waals surface area contributed by atoms with Crippen LogP contribution in [-0.4, -0.2) is 36.4 Å². The van der Waals surface area contributed by atoms with Crippen molar-refractivity contribution in [3.8, 4) is 0 Å². The maximum atomic E-state index is 10.1. The van der Waals surface area contributed by atoms with Crippen LogP contribution < -0.4 is 16.1 Å². The number of nitrogens with one attached hydrogen (secondary N) is 1. The molecule has 1 aliphatic heterocycles. The lowest BCUT2D eigenvalue weighted by atomic mass is 10.1. The van der Waals surface area contributed by atoms with E-state index < -0.39 is 0 Å². The van der Waals surface area contributed by atoms with Gasteiger partial charge in [-0.2, -0.15) is 0 Å². The van der Waals surface area contributed by atoms with Crippen LogP contribution in [0.25, 0.3) is 43.9 Å². The molecule has 37 heavy (non-hydrogen) atoms. The molecule has 0 spiro atoms. The third kappa shape index (κ3) is 3.75. The highest BCUT2D eigenvalue weighted by atomic mass is 16.3. The van der Waals surface area contributed by atoms with Gasteiger partial charge in [-0.15, -0.1) is 0 Å². The summed E-state index contributed by atoms with van der Waals surface area (Å²) in [4.78, 5) is 2.14. The molecule has 186 valence electrons. The Morgan fingerprint density at radius 1 is 0.784 bits per heavy atom. The first-order chi connectivity index (χ1) is 18.2. The molecule has 6 aromatic rings. The second-order valence-electron chi connectivity index (χ2n) is 9.68. The molecule has 4 aromatic carbocycles. The number of nitrogens with two attached hydrogens (primary N) is 1. The number of fused-ring (bicyclic) bond motifs is 6. The van der Waals surface area contributed by atoms with Gasteiger partial charge in [-0.05, 0) is 49.2 Å². The second-order valence-corrected chi connectivity index (χ2v) is 9.68. The number of hydrogen-bond donors (Lipinski definition) is 3. The third-order valence-electron chi connectivity index (χ3n) is 7.29. The molecule has 3 heterocycles. The third-order valence-corrected chi connectivity index (χ3v) is 7.29. The zero-order chi connectivity index (χ0) is 24.9. The Morgan fingerprint density at radius 2 is 1.49 bits per heavy atom. The number of rotatable bonds is 6. The minimum atomic E-state index is 0.00201. The number of para-hydroxylation sites is 1. The number of hydrazine groups is 1. The van der Waals surface area contributed by atoms with E-state index in [1.807, 2.05) is 42.5 Å². The Balaban J connectivity index is 1.41. The van der Waals surface area contributed by atoms with E-state index in [0.717, 1.165) is 74.0 Å². The topological polar surface area (TPSA) is 91.0 Å². The van der Waals surface area contributed by atoms with E-state index in [-0.39, 0.29) is 6.61 Å². The number of nitrogen functional groups attached to an aromatic ring is 1. The Bertz CT molecular complexity index is 1760. The normalized spacial score (nSPS) is 14.4. The predicted octanol–water partition coefficient (Wildman–Crippen LogP) is 6.62. The van der Waals surface area contributed by atoms with Gasteiger partial charge in [-0.1, -0.05) is 18.2 Å². The molecule has 0 saturated carbocycles. The summed E-state index contributed by atoms with van der Waals surface area (Å²) in [5.74, 6) is 0. The Morgan fingerprint density at radius 3 is 2.32 bits per heavy atom. The van der Waals surface area contributed by atoms with Crippen LogP contribution >= 0.6 is 0 Å². The highest BCUT2D eigenvalue weighted by molar-refractivity contribution is 6.09. The van der Waals surface area contributed by atoms with Gasteiger partial charge in [0.25, 0.3) is 0 Å². The minimum Gasteiger partial charge on any atom is -0.456 e. The number of furan rings is 2. The second kappa shape index (κ2) is 8.73. The van der Waals surface area contributed by atoms with Crippen LogP contribution in [-0.2, 0) is 0 Å². The van der Waals surface area contributed by atoms with Gasteiger partial charge in [0.15, 0.2) is 0 Å². The summed E-state index contributed by atoms with van der Waals surface area (Å²) in [6, 6.07) is 24.3. The number of aliphatic hydroxyl groups is 1. The number of benzene rings is 4. The average molecular weight is 493 g/mol. The van der Waals surface area contributed by atoms with Gasteiger partial charge in [0.05, 0.1) is 18.0 Å². The zero-order valence-corrected chi connectivity index (χ0v) is 20.4. The summed E-state index contributed by atoms with van der Waals surface area (Å²) in [6.07, 6.45) is 2.34. The Kier molecular flexibility index (Phi) is 5.20. The van der Waals surface area contributed by atoms with Gasteiger partial charge in [-0.3, -0.25) is 0 Å². The van der Waals surface area contributed by atoms with Crippen LogP contribution in [0.3, 0.4) is 0 Å². The largest absolute Gasteiger partial charge is 0.456 e. The van der Waals surface area contributed by atoms with Crippen molar-refractivity contribution in [3.63, 3.8) is 0 Å². The number of nitrogens with zero attached hydrogens (tertiary/aromatic N) is 2. The van der Waals surface area contributed by atoms with E-state index in [0.29, 0.717) is 12.2 Å². The van der Waals surface area contributed by atoms with Gasteiger partial charge in [0.1, 0.15) is 22.3 Å². The average Bonchev–Trinajstić information content (AvgIpc) is 3.63. The smallest absolute Gasteiger partial charge is 0.137 e. The van der Waals surface area contributed by atoms with Crippen molar-refractivity contribution >= 4 is 66.6 Å². The van der Waals surface area contributed by atoms with E-state index in [2.05, 4.69) is 45.7 Å². The van der Waals surface area contributed by atoms with Gasteiger partial charge in [0, 0.05) is 70.8 Å². The molecule has 0 unspecified atom stereocenters. The SMILES string of the molecule is Nc1ccc2c(c1)oc1cc(N(CCO)c3cc4c(cc3NN3CCCC3)oc3ccccc34)ccc12. The van der Waals surface area contributed by atoms with Crippen molar-refractivity contribution in [3.05, 3.63) is 72.8 Å². The number of aliphatic hydroxyl groups excluding tert-OH is 1. The highest BCUT2D eigenvalue weighted by Crippen LogP contribution is 2.41. The first kappa shape index (κ1) is 22.0. The molecule has 7 rings (SSSR count). The van der Waals surface area contributed by atoms with Crippen LogP contribution in [0, 0.1) is 0 Å². The summed E-state index contributed by atoms with van der Waals surface area (Å²) in [7, 11) is 0. The summed E-state index contributed by atoms with van der Waals surface area (Å²) >= 11 is 0. The molecule has 1 fully saturated rings. The fourth-order valence-electron chi connectivity index (χ4n) is 5.51. The summed E-state index contributed by atoms with van der Waals surface area (Å²) in [5, 5.41) is 16.5. The molecular formula is C30H28N4O3. The monoisotopic (exact) mass is 492 g/mol. The Labute approximate surface area is 213 Å².